The van der Waals surface area contributed by atoms with Crippen LogP contribution >= 0.6 is 0 Å². The summed E-state index contributed by atoms with van der Waals surface area (Å²) in [5.41, 5.74) is 5.83. The largest absolute Gasteiger partial charge is 0.0956 e. The van der Waals surface area contributed by atoms with Crippen molar-refractivity contribution >= 4 is 0 Å². The summed E-state index contributed by atoms with van der Waals surface area (Å²) in [6, 6.07) is 0. The molecule has 1 aliphatic rings. The van der Waals surface area contributed by atoms with E-state index in [1.54, 1.807) is 0 Å². The van der Waals surface area contributed by atoms with Crippen LogP contribution in [-0.2, 0) is 0 Å². The van der Waals surface area contributed by atoms with Crippen molar-refractivity contribution in [1.82, 2.24) is 0 Å². The Labute approximate surface area is 126 Å². The van der Waals surface area contributed by atoms with Crippen molar-refractivity contribution in [2.45, 2.75) is 72.6 Å². The van der Waals surface area contributed by atoms with Crippen molar-refractivity contribution in [2.24, 2.45) is 5.92 Å². The summed E-state index contributed by atoms with van der Waals surface area (Å²) >= 11 is 0. The molecule has 0 bridgehead atoms. The Bertz CT molecular complexity index is 400. The van der Waals surface area contributed by atoms with Gasteiger partial charge >= 0.3 is 0 Å². The molecule has 0 aromatic rings. The fourth-order valence-corrected chi connectivity index (χ4v) is 2.63. The Hall–Kier alpha value is -1.04. The second kappa shape index (κ2) is 9.00. The molecular weight excluding hydrogens is 240 g/mol. The second-order valence-corrected chi connectivity index (χ2v) is 6.62. The summed E-state index contributed by atoms with van der Waals surface area (Å²) in [5, 5.41) is 0. The summed E-state index contributed by atoms with van der Waals surface area (Å²) in [5.74, 6) is 0.865. The van der Waals surface area contributed by atoms with E-state index in [9.17, 15) is 0 Å². The van der Waals surface area contributed by atoms with Crippen molar-refractivity contribution < 1.29 is 0 Å². The molecule has 0 N–H and O–H groups in total. The summed E-state index contributed by atoms with van der Waals surface area (Å²) in [4.78, 5) is 0. The molecule has 112 valence electrons. The van der Waals surface area contributed by atoms with Crippen LogP contribution in [0.5, 0.6) is 0 Å². The van der Waals surface area contributed by atoms with Crippen LogP contribution in [0.25, 0.3) is 0 Å². The number of hydrogen-bond donors (Lipinski definition) is 0. The Balaban J connectivity index is 2.29. The molecular formula is C20H32. The van der Waals surface area contributed by atoms with Gasteiger partial charge in [-0.3, -0.25) is 0 Å². The van der Waals surface area contributed by atoms with Crippen LogP contribution in [0.4, 0.5) is 0 Å². The van der Waals surface area contributed by atoms with Crippen molar-refractivity contribution in [3.63, 3.8) is 0 Å². The standard InChI is InChI=1S/C20H32/c1-16(2)8-6-9-17(3)10-7-11-19(5)20-14-12-18(4)13-15-20/h8,10,14,18H,5-7,9,11-13,15H2,1-4H3. The first kappa shape index (κ1) is 17.0. The van der Waals surface area contributed by atoms with Gasteiger partial charge in [-0.1, -0.05) is 48.5 Å². The first-order chi connectivity index (χ1) is 9.49. The van der Waals surface area contributed by atoms with Gasteiger partial charge in [-0.05, 0) is 77.2 Å². The molecule has 0 fully saturated rings. The van der Waals surface area contributed by atoms with Crippen molar-refractivity contribution in [3.8, 4) is 0 Å². The maximum Gasteiger partial charge on any atom is -0.0247 e. The van der Waals surface area contributed by atoms with Gasteiger partial charge in [-0.25, -0.2) is 0 Å². The molecule has 0 amide bonds. The highest BCUT2D eigenvalue weighted by Crippen LogP contribution is 2.28. The van der Waals surface area contributed by atoms with Crippen LogP contribution in [0.1, 0.15) is 72.6 Å². The van der Waals surface area contributed by atoms with Crippen LogP contribution in [0.3, 0.4) is 0 Å². The molecule has 0 aromatic carbocycles. The predicted octanol–water partition coefficient (Wildman–Crippen LogP) is 6.76. The van der Waals surface area contributed by atoms with E-state index in [0.29, 0.717) is 0 Å². The zero-order chi connectivity index (χ0) is 15.0. The number of hydrogen-bond acceptors (Lipinski definition) is 0. The molecule has 0 saturated carbocycles. The molecule has 0 aromatic heterocycles. The van der Waals surface area contributed by atoms with Crippen LogP contribution in [0.2, 0.25) is 0 Å². The molecule has 1 rings (SSSR count). The molecule has 0 radical (unpaired) electrons. The van der Waals surface area contributed by atoms with E-state index >= 15 is 0 Å². The molecule has 1 aliphatic carbocycles. The first-order valence-electron chi connectivity index (χ1n) is 8.15. The SMILES string of the molecule is C=C(CCC=C(C)CCC=C(C)C)C1=CCC(C)CC1. The predicted molar refractivity (Wildman–Crippen MR) is 91.9 cm³/mol. The summed E-state index contributed by atoms with van der Waals surface area (Å²) in [6.45, 7) is 13.2. The lowest BCUT2D eigenvalue weighted by atomic mass is 9.86. The van der Waals surface area contributed by atoms with Gasteiger partial charge in [-0.2, -0.15) is 0 Å². The number of rotatable bonds is 7. The van der Waals surface area contributed by atoms with E-state index < -0.39 is 0 Å². The van der Waals surface area contributed by atoms with Gasteiger partial charge in [0, 0.05) is 0 Å². The van der Waals surface area contributed by atoms with Gasteiger partial charge in [0.1, 0.15) is 0 Å². The van der Waals surface area contributed by atoms with E-state index in [4.69, 9.17) is 0 Å². The van der Waals surface area contributed by atoms with E-state index in [-0.39, 0.29) is 0 Å². The van der Waals surface area contributed by atoms with Gasteiger partial charge in [0.25, 0.3) is 0 Å². The van der Waals surface area contributed by atoms with Crippen LogP contribution in [-0.4, -0.2) is 0 Å². The van der Waals surface area contributed by atoms with Gasteiger partial charge in [-0.15, -0.1) is 0 Å². The maximum absolute atomic E-state index is 4.28. The fourth-order valence-electron chi connectivity index (χ4n) is 2.63. The monoisotopic (exact) mass is 272 g/mol. The quantitative estimate of drug-likeness (QED) is 0.449. The second-order valence-electron chi connectivity index (χ2n) is 6.62. The minimum atomic E-state index is 0.865. The summed E-state index contributed by atoms with van der Waals surface area (Å²) < 4.78 is 0. The molecule has 0 nitrogen and oxygen atoms in total. The van der Waals surface area contributed by atoms with E-state index in [1.807, 2.05) is 0 Å². The smallest absolute Gasteiger partial charge is 0.0247 e. The Kier molecular flexibility index (Phi) is 7.65. The van der Waals surface area contributed by atoms with Gasteiger partial charge in [0.05, 0.1) is 0 Å². The lowest BCUT2D eigenvalue weighted by molar-refractivity contribution is 0.515. The van der Waals surface area contributed by atoms with Gasteiger partial charge in [0.2, 0.25) is 0 Å². The molecule has 20 heavy (non-hydrogen) atoms. The number of allylic oxidation sites excluding steroid dienone is 7. The maximum atomic E-state index is 4.28. The fraction of sp³-hybridized carbons (Fsp3) is 0.600. The van der Waals surface area contributed by atoms with E-state index in [0.717, 1.165) is 18.8 Å². The lowest BCUT2D eigenvalue weighted by Gasteiger charge is -2.19. The Morgan fingerprint density at radius 2 is 1.90 bits per heavy atom. The highest BCUT2D eigenvalue weighted by molar-refractivity contribution is 5.30. The van der Waals surface area contributed by atoms with Gasteiger partial charge in [0.15, 0.2) is 0 Å². The third-order valence-corrected chi connectivity index (χ3v) is 4.16. The zero-order valence-corrected chi connectivity index (χ0v) is 14.0. The third-order valence-electron chi connectivity index (χ3n) is 4.16. The zero-order valence-electron chi connectivity index (χ0n) is 14.0. The van der Waals surface area contributed by atoms with Crippen molar-refractivity contribution in [3.05, 3.63) is 47.1 Å². The molecule has 0 heteroatoms. The summed E-state index contributed by atoms with van der Waals surface area (Å²) in [6.07, 6.45) is 15.6. The van der Waals surface area contributed by atoms with E-state index in [2.05, 4.69) is 52.5 Å². The topological polar surface area (TPSA) is 0 Å². The average molecular weight is 272 g/mol. The molecule has 0 saturated heterocycles. The van der Waals surface area contributed by atoms with Crippen LogP contribution in [0, 0.1) is 5.92 Å². The summed E-state index contributed by atoms with van der Waals surface area (Å²) in [7, 11) is 0. The normalized spacial score (nSPS) is 19.5. The third kappa shape index (κ3) is 6.93. The Morgan fingerprint density at radius 3 is 2.50 bits per heavy atom. The average Bonchev–Trinajstić information content (AvgIpc) is 2.39. The van der Waals surface area contributed by atoms with Crippen LogP contribution < -0.4 is 0 Å². The minimum Gasteiger partial charge on any atom is -0.0956 e. The first-order valence-corrected chi connectivity index (χ1v) is 8.15. The molecule has 0 heterocycles. The highest BCUT2D eigenvalue weighted by atomic mass is 14.2. The van der Waals surface area contributed by atoms with E-state index in [1.165, 1.54) is 54.4 Å². The molecule has 0 spiro atoms. The minimum absolute atomic E-state index is 0.865. The lowest BCUT2D eigenvalue weighted by Crippen LogP contribution is -2.02. The van der Waals surface area contributed by atoms with Crippen LogP contribution in [0.15, 0.2) is 47.1 Å². The van der Waals surface area contributed by atoms with Gasteiger partial charge < -0.3 is 0 Å². The Morgan fingerprint density at radius 1 is 1.20 bits per heavy atom. The molecule has 1 unspecified atom stereocenters. The molecule has 0 aliphatic heterocycles. The molecule has 1 atom stereocenters. The van der Waals surface area contributed by atoms with Crippen molar-refractivity contribution in [1.29, 1.82) is 0 Å². The highest BCUT2D eigenvalue weighted by Gasteiger charge is 2.11. The van der Waals surface area contributed by atoms with Crippen molar-refractivity contribution in [2.75, 3.05) is 0 Å².